The van der Waals surface area contributed by atoms with Crippen LogP contribution in [0.4, 0.5) is 0 Å². The lowest BCUT2D eigenvalue weighted by atomic mass is 10.2. The molecule has 3 nitrogen and oxygen atoms in total. The molecule has 0 radical (unpaired) electrons. The molecule has 0 fully saturated rings. The first-order valence-electron chi connectivity index (χ1n) is 4.90. The zero-order valence-electron chi connectivity index (χ0n) is 8.11. The lowest BCUT2D eigenvalue weighted by Gasteiger charge is -2.12. The number of thiol groups is 1. The monoisotopic (exact) mass is 213 g/mol. The quantitative estimate of drug-likeness (QED) is 0.411. The van der Waals surface area contributed by atoms with Crippen LogP contribution < -0.4 is 0 Å². The van der Waals surface area contributed by atoms with E-state index in [0.29, 0.717) is 6.54 Å². The molecule has 0 aliphatic carbocycles. The van der Waals surface area contributed by atoms with Crippen LogP contribution in [0.2, 0.25) is 0 Å². The van der Waals surface area contributed by atoms with Crippen molar-refractivity contribution in [3.05, 3.63) is 12.2 Å². The number of carbonyl (C=O) groups excluding carboxylic acids is 2. The maximum absolute atomic E-state index is 11.1. The number of hydrogen-bond donors (Lipinski definition) is 1. The average molecular weight is 213 g/mol. The van der Waals surface area contributed by atoms with Gasteiger partial charge in [-0.2, -0.15) is 12.6 Å². The molecule has 0 aromatic heterocycles. The highest BCUT2D eigenvalue weighted by Gasteiger charge is 2.21. The van der Waals surface area contributed by atoms with E-state index in [9.17, 15) is 9.59 Å². The summed E-state index contributed by atoms with van der Waals surface area (Å²) < 4.78 is 0. The minimum Gasteiger partial charge on any atom is -0.275 e. The Hall–Kier alpha value is -0.770. The molecule has 0 bridgehead atoms. The lowest BCUT2D eigenvalue weighted by molar-refractivity contribution is -0.136. The van der Waals surface area contributed by atoms with E-state index in [0.717, 1.165) is 31.4 Å². The summed E-state index contributed by atoms with van der Waals surface area (Å²) in [6, 6.07) is 0. The third kappa shape index (κ3) is 3.18. The highest BCUT2D eigenvalue weighted by molar-refractivity contribution is 7.80. The molecule has 2 amide bonds. The van der Waals surface area contributed by atoms with Crippen LogP contribution in [0.5, 0.6) is 0 Å². The molecule has 14 heavy (non-hydrogen) atoms. The summed E-state index contributed by atoms with van der Waals surface area (Å²) >= 11 is 4.11. The second-order valence-electron chi connectivity index (χ2n) is 3.30. The molecule has 0 aromatic carbocycles. The van der Waals surface area contributed by atoms with E-state index < -0.39 is 0 Å². The predicted molar refractivity (Wildman–Crippen MR) is 58.2 cm³/mol. The number of hydrogen-bond acceptors (Lipinski definition) is 3. The molecular weight excluding hydrogens is 198 g/mol. The first-order chi connectivity index (χ1) is 6.75. The number of imide groups is 1. The van der Waals surface area contributed by atoms with Gasteiger partial charge in [-0.15, -0.1) is 0 Å². The molecule has 1 rings (SSSR count). The van der Waals surface area contributed by atoms with Gasteiger partial charge in [0.05, 0.1) is 0 Å². The van der Waals surface area contributed by atoms with Gasteiger partial charge in [-0.3, -0.25) is 14.5 Å². The van der Waals surface area contributed by atoms with Crippen LogP contribution in [-0.4, -0.2) is 29.0 Å². The van der Waals surface area contributed by atoms with Crippen LogP contribution in [0.3, 0.4) is 0 Å². The van der Waals surface area contributed by atoms with Crippen molar-refractivity contribution in [1.29, 1.82) is 0 Å². The molecule has 0 unspecified atom stereocenters. The van der Waals surface area contributed by atoms with Gasteiger partial charge in [-0.05, 0) is 18.6 Å². The third-order valence-corrected chi connectivity index (χ3v) is 2.51. The minimum absolute atomic E-state index is 0.177. The predicted octanol–water partition coefficient (Wildman–Crippen LogP) is 1.40. The highest BCUT2D eigenvalue weighted by atomic mass is 32.1. The first kappa shape index (κ1) is 11.3. The summed E-state index contributed by atoms with van der Waals surface area (Å²) in [5.74, 6) is 0.553. The van der Waals surface area contributed by atoms with Crippen LogP contribution in [0.1, 0.15) is 25.7 Å². The van der Waals surface area contributed by atoms with E-state index in [2.05, 4.69) is 12.6 Å². The normalized spacial score (nSPS) is 15.6. The molecule has 4 heteroatoms. The Labute approximate surface area is 89.6 Å². The summed E-state index contributed by atoms with van der Waals surface area (Å²) in [6.45, 7) is 0.553. The van der Waals surface area contributed by atoms with E-state index in [1.165, 1.54) is 17.1 Å². The number of carbonyl (C=O) groups is 2. The first-order valence-corrected chi connectivity index (χ1v) is 5.53. The van der Waals surface area contributed by atoms with Gasteiger partial charge in [0.1, 0.15) is 0 Å². The van der Waals surface area contributed by atoms with Crippen LogP contribution in [-0.2, 0) is 9.59 Å². The Kier molecular flexibility index (Phi) is 4.73. The van der Waals surface area contributed by atoms with E-state index in [1.54, 1.807) is 0 Å². The van der Waals surface area contributed by atoms with Crippen molar-refractivity contribution >= 4 is 24.4 Å². The highest BCUT2D eigenvalue weighted by Crippen LogP contribution is 2.07. The van der Waals surface area contributed by atoms with Crippen molar-refractivity contribution in [1.82, 2.24) is 4.90 Å². The van der Waals surface area contributed by atoms with Gasteiger partial charge >= 0.3 is 0 Å². The molecule has 1 aliphatic heterocycles. The number of rotatable bonds is 6. The van der Waals surface area contributed by atoms with Gasteiger partial charge < -0.3 is 0 Å². The zero-order valence-corrected chi connectivity index (χ0v) is 9.00. The maximum Gasteiger partial charge on any atom is 0.253 e. The smallest absolute Gasteiger partial charge is 0.253 e. The van der Waals surface area contributed by atoms with Crippen molar-refractivity contribution < 1.29 is 9.59 Å². The van der Waals surface area contributed by atoms with Gasteiger partial charge in [0.25, 0.3) is 11.8 Å². The fourth-order valence-corrected chi connectivity index (χ4v) is 1.61. The van der Waals surface area contributed by atoms with Crippen molar-refractivity contribution in [2.45, 2.75) is 25.7 Å². The van der Waals surface area contributed by atoms with Gasteiger partial charge in [0, 0.05) is 18.7 Å². The Balaban J connectivity index is 2.13. The molecule has 0 aromatic rings. The summed E-state index contributed by atoms with van der Waals surface area (Å²) in [7, 11) is 0. The topological polar surface area (TPSA) is 37.4 Å². The minimum atomic E-state index is -0.177. The van der Waals surface area contributed by atoms with Crippen molar-refractivity contribution in [3.8, 4) is 0 Å². The van der Waals surface area contributed by atoms with Crippen LogP contribution in [0.25, 0.3) is 0 Å². The molecule has 1 aliphatic rings. The van der Waals surface area contributed by atoms with E-state index >= 15 is 0 Å². The molecule has 0 N–H and O–H groups in total. The van der Waals surface area contributed by atoms with Crippen LogP contribution >= 0.6 is 12.6 Å². The summed E-state index contributed by atoms with van der Waals surface area (Å²) in [5.41, 5.74) is 0. The fourth-order valence-electron chi connectivity index (χ4n) is 1.39. The number of amides is 2. The van der Waals surface area contributed by atoms with Gasteiger partial charge in [0.15, 0.2) is 0 Å². The summed E-state index contributed by atoms with van der Waals surface area (Å²) in [4.78, 5) is 23.5. The van der Waals surface area contributed by atoms with E-state index in [1.807, 2.05) is 0 Å². The lowest BCUT2D eigenvalue weighted by Crippen LogP contribution is -2.30. The van der Waals surface area contributed by atoms with Gasteiger partial charge in [-0.25, -0.2) is 0 Å². The summed E-state index contributed by atoms with van der Waals surface area (Å²) in [6.07, 6.45) is 6.83. The Bertz CT molecular complexity index is 233. The molecule has 0 saturated carbocycles. The standard InChI is InChI=1S/C10H15NO2S/c12-9-5-6-10(13)11(9)7-3-1-2-4-8-14/h5-6,14H,1-4,7-8H2. The van der Waals surface area contributed by atoms with Crippen molar-refractivity contribution in [2.75, 3.05) is 12.3 Å². The van der Waals surface area contributed by atoms with Gasteiger partial charge in [0.2, 0.25) is 0 Å². The van der Waals surface area contributed by atoms with E-state index in [-0.39, 0.29) is 11.8 Å². The second-order valence-corrected chi connectivity index (χ2v) is 3.75. The molecule has 78 valence electrons. The van der Waals surface area contributed by atoms with Crippen molar-refractivity contribution in [2.24, 2.45) is 0 Å². The maximum atomic E-state index is 11.1. The SMILES string of the molecule is O=C1C=CC(=O)N1CCCCCCS. The molecule has 0 spiro atoms. The molecular formula is C10H15NO2S. The third-order valence-electron chi connectivity index (χ3n) is 2.19. The average Bonchev–Trinajstić information content (AvgIpc) is 2.48. The summed E-state index contributed by atoms with van der Waals surface area (Å²) in [5, 5.41) is 0. The van der Waals surface area contributed by atoms with Crippen molar-refractivity contribution in [3.63, 3.8) is 0 Å². The van der Waals surface area contributed by atoms with Crippen LogP contribution in [0, 0.1) is 0 Å². The Morgan fingerprint density at radius 3 is 2.14 bits per heavy atom. The zero-order chi connectivity index (χ0) is 10.4. The van der Waals surface area contributed by atoms with Crippen LogP contribution in [0.15, 0.2) is 12.2 Å². The largest absolute Gasteiger partial charge is 0.275 e. The second kappa shape index (κ2) is 5.86. The van der Waals surface area contributed by atoms with Gasteiger partial charge in [-0.1, -0.05) is 12.8 Å². The molecule has 1 heterocycles. The van der Waals surface area contributed by atoms with E-state index in [4.69, 9.17) is 0 Å². The number of nitrogens with zero attached hydrogens (tertiary/aromatic N) is 1. The fraction of sp³-hybridized carbons (Fsp3) is 0.600. The molecule has 0 saturated heterocycles. The Morgan fingerprint density at radius 2 is 1.57 bits per heavy atom. The Morgan fingerprint density at radius 1 is 1.00 bits per heavy atom. The molecule has 0 atom stereocenters. The number of unbranched alkanes of at least 4 members (excludes halogenated alkanes) is 3.